The molecule has 0 amide bonds. The minimum atomic E-state index is 0.807. The van der Waals surface area contributed by atoms with Crippen LogP contribution in [0.25, 0.3) is 0 Å². The van der Waals surface area contributed by atoms with E-state index in [9.17, 15) is 0 Å². The normalized spacial score (nSPS) is 9.67. The van der Waals surface area contributed by atoms with Crippen molar-refractivity contribution in [2.75, 3.05) is 0 Å². The minimum Gasteiger partial charge on any atom is -0.445 e. The van der Waals surface area contributed by atoms with Crippen molar-refractivity contribution in [2.24, 2.45) is 0 Å². The zero-order valence-corrected chi connectivity index (χ0v) is 7.04. The molecule has 0 saturated heterocycles. The van der Waals surface area contributed by atoms with E-state index in [2.05, 4.69) is 11.1 Å². The van der Waals surface area contributed by atoms with Crippen LogP contribution in [0.2, 0.25) is 0 Å². The summed E-state index contributed by atoms with van der Waals surface area (Å²) in [6, 6.07) is 10.3. The van der Waals surface area contributed by atoms with E-state index in [1.54, 1.807) is 11.7 Å². The van der Waals surface area contributed by atoms with Gasteiger partial charge in [0.1, 0.15) is 5.75 Å². The van der Waals surface area contributed by atoms with Crippen LogP contribution in [0.1, 0.15) is 0 Å². The summed E-state index contributed by atoms with van der Waals surface area (Å²) in [6.07, 6.45) is 1.70. The van der Waals surface area contributed by atoms with Gasteiger partial charge in [0.05, 0.1) is 11.7 Å². The van der Waals surface area contributed by atoms with Crippen LogP contribution in [-0.4, -0.2) is 4.98 Å². The highest BCUT2D eigenvalue weighted by molar-refractivity contribution is 7.11. The number of ether oxygens (including phenoxy) is 1. The van der Waals surface area contributed by atoms with Crippen molar-refractivity contribution < 1.29 is 4.74 Å². The van der Waals surface area contributed by atoms with Crippen LogP contribution in [-0.2, 0) is 0 Å². The summed E-state index contributed by atoms with van der Waals surface area (Å²) in [5, 5.41) is 0.807. The van der Waals surface area contributed by atoms with Crippen LogP contribution in [0.15, 0.2) is 36.0 Å². The fourth-order valence-electron chi connectivity index (χ4n) is 0.810. The fourth-order valence-corrected chi connectivity index (χ4v) is 1.30. The van der Waals surface area contributed by atoms with Gasteiger partial charge in [-0.15, -0.1) is 0 Å². The first kappa shape index (κ1) is 7.31. The summed E-state index contributed by atoms with van der Waals surface area (Å²) in [5.41, 5.74) is 1.74. The molecule has 1 aromatic heterocycles. The second-order valence-electron chi connectivity index (χ2n) is 2.16. The lowest BCUT2D eigenvalue weighted by molar-refractivity contribution is 0.495. The Morgan fingerprint density at radius 3 is 2.83 bits per heavy atom. The molecule has 1 aromatic carbocycles. The average molecular weight is 176 g/mol. The Bertz CT molecular complexity index is 331. The van der Waals surface area contributed by atoms with Crippen molar-refractivity contribution >= 4 is 11.3 Å². The van der Waals surface area contributed by atoms with Gasteiger partial charge in [0.2, 0.25) is 5.06 Å². The summed E-state index contributed by atoms with van der Waals surface area (Å²) in [5.74, 6) is 0.818. The van der Waals surface area contributed by atoms with Crippen molar-refractivity contribution in [3.05, 3.63) is 42.0 Å². The lowest BCUT2D eigenvalue weighted by Crippen LogP contribution is -1.78. The summed E-state index contributed by atoms with van der Waals surface area (Å²) < 4.78 is 5.45. The number of thiazole rings is 1. The molecule has 0 aliphatic rings. The number of rotatable bonds is 2. The van der Waals surface area contributed by atoms with Gasteiger partial charge in [-0.1, -0.05) is 23.5 Å². The first-order valence-corrected chi connectivity index (χ1v) is 4.35. The number of hydrogen-bond acceptors (Lipinski definition) is 3. The van der Waals surface area contributed by atoms with E-state index in [-0.39, 0.29) is 0 Å². The largest absolute Gasteiger partial charge is 0.445 e. The summed E-state index contributed by atoms with van der Waals surface area (Å²) >= 11 is 1.47. The monoisotopic (exact) mass is 176 g/mol. The number of aromatic nitrogens is 1. The average Bonchev–Trinajstić information content (AvgIpc) is 2.59. The molecule has 0 N–H and O–H groups in total. The maximum atomic E-state index is 5.45. The van der Waals surface area contributed by atoms with Crippen molar-refractivity contribution in [1.29, 1.82) is 0 Å². The predicted molar refractivity (Wildman–Crippen MR) is 47.5 cm³/mol. The molecule has 59 valence electrons. The predicted octanol–water partition coefficient (Wildman–Crippen LogP) is 2.74. The van der Waals surface area contributed by atoms with Crippen LogP contribution in [0.3, 0.4) is 0 Å². The molecule has 0 aliphatic heterocycles. The van der Waals surface area contributed by atoms with Crippen molar-refractivity contribution in [3.8, 4) is 10.8 Å². The van der Waals surface area contributed by atoms with E-state index in [0.717, 1.165) is 10.8 Å². The van der Waals surface area contributed by atoms with Crippen LogP contribution < -0.4 is 4.74 Å². The Labute approximate surface area is 74.5 Å². The van der Waals surface area contributed by atoms with Gasteiger partial charge in [-0.25, -0.2) is 4.98 Å². The molecule has 0 saturated carbocycles. The lowest BCUT2D eigenvalue weighted by Gasteiger charge is -1.99. The van der Waals surface area contributed by atoms with Crippen molar-refractivity contribution in [1.82, 2.24) is 4.98 Å². The lowest BCUT2D eigenvalue weighted by atomic mass is 10.3. The third-order valence-electron chi connectivity index (χ3n) is 1.32. The molecule has 0 fully saturated rings. The van der Waals surface area contributed by atoms with Gasteiger partial charge >= 0.3 is 0 Å². The van der Waals surface area contributed by atoms with Gasteiger partial charge in [-0.05, 0) is 18.2 Å². The summed E-state index contributed by atoms with van der Waals surface area (Å²) in [6.45, 7) is 0. The van der Waals surface area contributed by atoms with E-state index in [1.165, 1.54) is 11.3 Å². The molecule has 0 unspecified atom stereocenters. The van der Waals surface area contributed by atoms with Crippen molar-refractivity contribution in [3.63, 3.8) is 0 Å². The van der Waals surface area contributed by atoms with Crippen LogP contribution in [0.5, 0.6) is 10.8 Å². The second-order valence-corrected chi connectivity index (χ2v) is 3.01. The third kappa shape index (κ3) is 1.62. The minimum absolute atomic E-state index is 0.807. The van der Waals surface area contributed by atoms with Crippen LogP contribution in [0, 0.1) is 6.07 Å². The Hall–Kier alpha value is -1.35. The first-order chi connectivity index (χ1) is 5.95. The Morgan fingerprint density at radius 2 is 2.17 bits per heavy atom. The maximum absolute atomic E-state index is 5.45. The van der Waals surface area contributed by atoms with Gasteiger partial charge in [-0.3, -0.25) is 0 Å². The van der Waals surface area contributed by atoms with E-state index < -0.39 is 0 Å². The van der Waals surface area contributed by atoms with E-state index in [1.807, 2.05) is 24.3 Å². The third-order valence-corrected chi connectivity index (χ3v) is 1.96. The molecule has 2 aromatic rings. The molecule has 0 atom stereocenters. The molecular weight excluding hydrogens is 170 g/mol. The molecule has 1 heterocycles. The maximum Gasteiger partial charge on any atom is 0.200 e. The van der Waals surface area contributed by atoms with Gasteiger partial charge < -0.3 is 4.74 Å². The zero-order valence-electron chi connectivity index (χ0n) is 6.23. The molecular formula is C9H6NOS. The van der Waals surface area contributed by atoms with Gasteiger partial charge in [0, 0.05) is 0 Å². The highest BCUT2D eigenvalue weighted by Crippen LogP contribution is 2.23. The SMILES string of the molecule is [c]1ccc(Oc2cncs2)cc1. The molecule has 0 aliphatic carbocycles. The number of benzene rings is 1. The van der Waals surface area contributed by atoms with E-state index >= 15 is 0 Å². The van der Waals surface area contributed by atoms with Gasteiger partial charge in [-0.2, -0.15) is 0 Å². The number of hydrogen-bond donors (Lipinski definition) is 0. The smallest absolute Gasteiger partial charge is 0.200 e. The van der Waals surface area contributed by atoms with Crippen molar-refractivity contribution in [2.45, 2.75) is 0 Å². The number of nitrogens with zero attached hydrogens (tertiary/aromatic N) is 1. The van der Waals surface area contributed by atoms with Gasteiger partial charge in [0.25, 0.3) is 0 Å². The Balaban J connectivity index is 2.15. The van der Waals surface area contributed by atoms with E-state index in [0.29, 0.717) is 0 Å². The van der Waals surface area contributed by atoms with E-state index in [4.69, 9.17) is 4.74 Å². The molecule has 1 radical (unpaired) electrons. The Kier molecular flexibility index (Phi) is 2.05. The highest BCUT2D eigenvalue weighted by Gasteiger charge is 1.95. The molecule has 0 bridgehead atoms. The van der Waals surface area contributed by atoms with Crippen LogP contribution in [0.4, 0.5) is 0 Å². The fraction of sp³-hybridized carbons (Fsp3) is 0. The zero-order chi connectivity index (χ0) is 8.23. The second kappa shape index (κ2) is 3.36. The Morgan fingerprint density at radius 1 is 1.33 bits per heavy atom. The first-order valence-electron chi connectivity index (χ1n) is 3.47. The highest BCUT2D eigenvalue weighted by atomic mass is 32.1. The summed E-state index contributed by atoms with van der Waals surface area (Å²) in [7, 11) is 0. The molecule has 0 spiro atoms. The standard InChI is InChI=1S/C9H6NOS/c1-2-4-8(5-3-1)11-9-6-10-7-12-9/h2-7H. The molecule has 3 heteroatoms. The molecule has 2 rings (SSSR count). The topological polar surface area (TPSA) is 22.1 Å². The van der Waals surface area contributed by atoms with Crippen LogP contribution >= 0.6 is 11.3 Å². The summed E-state index contributed by atoms with van der Waals surface area (Å²) in [4.78, 5) is 3.90. The quantitative estimate of drug-likeness (QED) is 0.701. The molecule has 2 nitrogen and oxygen atoms in total. The van der Waals surface area contributed by atoms with Gasteiger partial charge in [0.15, 0.2) is 0 Å². The molecule has 12 heavy (non-hydrogen) atoms.